The number of carbonyl (C=O) groups is 1. The van der Waals surface area contributed by atoms with Crippen LogP contribution in [0.2, 0.25) is 0 Å². The van der Waals surface area contributed by atoms with Gasteiger partial charge in [0.05, 0.1) is 6.61 Å². The molecule has 0 heterocycles. The van der Waals surface area contributed by atoms with Gasteiger partial charge in [-0.05, 0) is 230 Å². The first-order valence-corrected chi connectivity index (χ1v) is 25.7. The number of ether oxygens (including phenoxy) is 1. The predicted molar refractivity (Wildman–Crippen MR) is 219 cm³/mol. The van der Waals surface area contributed by atoms with Gasteiger partial charge in [-0.15, -0.1) is 0 Å². The number of allylic oxidation sites excluding steroid dienone is 4. The summed E-state index contributed by atoms with van der Waals surface area (Å²) in [4.78, 5) is 13.3. The van der Waals surface area contributed by atoms with E-state index < -0.39 is 0 Å². The zero-order chi connectivity index (χ0) is 36.7. The molecule has 0 saturated heterocycles. The Labute approximate surface area is 341 Å². The van der Waals surface area contributed by atoms with E-state index in [9.17, 15) is 4.79 Å². The van der Waals surface area contributed by atoms with Gasteiger partial charge in [0.1, 0.15) is 0 Å². The number of benzene rings is 1. The standard InChI is InChI=1S/C55H66O2/c1-3-4-13-57-35(56)11-8-12-54(31-9-6-5-7-10-31)53-34-20-24-14-25-15-28-17-26-16-27-18-29-19-30-22-55(53,54)52-43(30)50-42(29)49-40(27)39(26)48-41(28)45-37-23(2)36(46(50)51(49)47(37)48)44(52)33(34)21-32(24)38(25)45/h5-7,9-10,22-25,27-29,32-34,36-38,40-53H,3-4,8,11-21H2,1-2H3. The highest BCUT2D eigenvalue weighted by molar-refractivity contribution is 5.69. The lowest BCUT2D eigenvalue weighted by Gasteiger charge is -2.65. The van der Waals surface area contributed by atoms with Crippen LogP contribution in [0.25, 0.3) is 0 Å². The third kappa shape index (κ3) is 3.10. The van der Waals surface area contributed by atoms with Gasteiger partial charge in [-0.1, -0.05) is 73.4 Å². The Morgan fingerprint density at radius 3 is 2.32 bits per heavy atom. The molecular formula is C55H66O2. The zero-order valence-corrected chi connectivity index (χ0v) is 34.7. The van der Waals surface area contributed by atoms with E-state index in [0.717, 1.165) is 173 Å². The molecule has 28 unspecified atom stereocenters. The molecule has 2 heteroatoms. The number of rotatable bonds is 8. The van der Waals surface area contributed by atoms with E-state index in [2.05, 4.69) is 61.4 Å². The normalized spacial score (nSPS) is 64.4. The molecule has 0 aliphatic heterocycles. The van der Waals surface area contributed by atoms with Crippen LogP contribution < -0.4 is 0 Å². The third-order valence-corrected chi connectivity index (χ3v) is 25.4. The van der Waals surface area contributed by atoms with Crippen molar-refractivity contribution in [2.75, 3.05) is 6.61 Å². The summed E-state index contributed by atoms with van der Waals surface area (Å²) in [6.07, 6.45) is 20.8. The van der Waals surface area contributed by atoms with Gasteiger partial charge < -0.3 is 4.74 Å². The molecule has 16 aliphatic carbocycles. The van der Waals surface area contributed by atoms with Crippen molar-refractivity contribution in [3.63, 3.8) is 0 Å². The quantitative estimate of drug-likeness (QED) is 0.150. The minimum absolute atomic E-state index is 0.0717. The highest BCUT2D eigenvalue weighted by Gasteiger charge is 2.91. The number of carbonyl (C=O) groups excluding carboxylic acids is 1. The largest absolute Gasteiger partial charge is 0.466 e. The highest BCUT2D eigenvalue weighted by Crippen LogP contribution is 2.94. The Morgan fingerprint density at radius 1 is 0.667 bits per heavy atom. The van der Waals surface area contributed by atoms with Crippen molar-refractivity contribution < 1.29 is 9.53 Å². The average Bonchev–Trinajstić information content (AvgIpc) is 3.81. The lowest BCUT2D eigenvalue weighted by molar-refractivity contribution is -0.168. The van der Waals surface area contributed by atoms with Gasteiger partial charge >= 0.3 is 5.97 Å². The molecule has 0 N–H and O–H groups in total. The van der Waals surface area contributed by atoms with E-state index in [-0.39, 0.29) is 11.4 Å². The molecule has 0 radical (unpaired) electrons. The number of hydrogen-bond donors (Lipinski definition) is 0. The summed E-state index contributed by atoms with van der Waals surface area (Å²) in [5, 5.41) is 0. The van der Waals surface area contributed by atoms with Gasteiger partial charge in [-0.3, -0.25) is 4.79 Å². The van der Waals surface area contributed by atoms with Crippen molar-refractivity contribution >= 4 is 5.97 Å². The maximum atomic E-state index is 13.3. The fraction of sp³-hybridized carbons (Fsp3) is 0.800. The minimum Gasteiger partial charge on any atom is -0.466 e. The van der Waals surface area contributed by atoms with Crippen molar-refractivity contribution in [1.29, 1.82) is 0 Å². The van der Waals surface area contributed by atoms with E-state index >= 15 is 0 Å². The second-order valence-electron chi connectivity index (χ2n) is 25.4. The monoisotopic (exact) mass is 759 g/mol. The lowest BCUT2D eigenvalue weighted by Crippen LogP contribution is -2.61. The minimum atomic E-state index is 0.0717. The number of esters is 1. The van der Waals surface area contributed by atoms with Crippen LogP contribution in [0, 0.1) is 159 Å². The fourth-order valence-electron chi connectivity index (χ4n) is 26.1. The highest BCUT2D eigenvalue weighted by atomic mass is 16.5. The molecule has 13 saturated carbocycles. The molecular weight excluding hydrogens is 693 g/mol. The van der Waals surface area contributed by atoms with Crippen LogP contribution in [0.3, 0.4) is 0 Å². The van der Waals surface area contributed by atoms with E-state index in [0.29, 0.717) is 18.4 Å². The average molecular weight is 759 g/mol. The molecule has 16 aliphatic rings. The third-order valence-electron chi connectivity index (χ3n) is 25.4. The first-order valence-electron chi connectivity index (χ1n) is 25.7. The van der Waals surface area contributed by atoms with Gasteiger partial charge in [0.25, 0.3) is 0 Å². The molecule has 1 aromatic rings. The summed E-state index contributed by atoms with van der Waals surface area (Å²) in [7, 11) is 0. The van der Waals surface area contributed by atoms with Crippen LogP contribution in [-0.2, 0) is 14.9 Å². The van der Waals surface area contributed by atoms with E-state index in [1.54, 1.807) is 50.5 Å². The molecule has 0 aromatic heterocycles. The predicted octanol–water partition coefficient (Wildman–Crippen LogP) is 11.0. The number of unbranched alkanes of at least 4 members (excludes halogenated alkanes) is 1. The van der Waals surface area contributed by atoms with Gasteiger partial charge in [-0.2, -0.15) is 0 Å². The smallest absolute Gasteiger partial charge is 0.305 e. The van der Waals surface area contributed by atoms with Gasteiger partial charge in [0.15, 0.2) is 0 Å². The molecule has 1 spiro atoms. The second-order valence-corrected chi connectivity index (χ2v) is 25.4. The van der Waals surface area contributed by atoms with E-state index in [1.165, 1.54) is 12.8 Å². The molecule has 0 amide bonds. The van der Waals surface area contributed by atoms with Crippen molar-refractivity contribution in [1.82, 2.24) is 0 Å². The summed E-state index contributed by atoms with van der Waals surface area (Å²) < 4.78 is 5.86. The van der Waals surface area contributed by atoms with Gasteiger partial charge in [-0.25, -0.2) is 0 Å². The summed E-state index contributed by atoms with van der Waals surface area (Å²) in [6, 6.07) is 12.3. The van der Waals surface area contributed by atoms with Crippen LogP contribution in [0.4, 0.5) is 0 Å². The maximum Gasteiger partial charge on any atom is 0.305 e. The topological polar surface area (TPSA) is 26.3 Å². The Balaban J connectivity index is 0.911. The molecule has 298 valence electrons. The first kappa shape index (κ1) is 32.0. The molecule has 28 atom stereocenters. The Kier molecular flexibility index (Phi) is 5.57. The van der Waals surface area contributed by atoms with Crippen LogP contribution in [0.5, 0.6) is 0 Å². The summed E-state index contributed by atoms with van der Waals surface area (Å²) in [5.74, 6) is 26.3. The summed E-state index contributed by atoms with van der Waals surface area (Å²) >= 11 is 0. The Hall–Kier alpha value is -1.83. The van der Waals surface area contributed by atoms with Crippen LogP contribution >= 0.6 is 0 Å². The molecule has 2 nitrogen and oxygen atoms in total. The number of fused-ring (bicyclic) bond motifs is 1. The zero-order valence-electron chi connectivity index (χ0n) is 34.7. The van der Waals surface area contributed by atoms with E-state index in [1.807, 2.05) is 5.57 Å². The summed E-state index contributed by atoms with van der Waals surface area (Å²) in [5.41, 5.74) is 8.63. The van der Waals surface area contributed by atoms with Crippen molar-refractivity contribution in [2.24, 2.45) is 159 Å². The van der Waals surface area contributed by atoms with Crippen molar-refractivity contribution in [2.45, 2.75) is 103 Å². The van der Waals surface area contributed by atoms with E-state index in [4.69, 9.17) is 4.74 Å². The van der Waals surface area contributed by atoms with Gasteiger partial charge in [0.2, 0.25) is 0 Å². The summed E-state index contributed by atoms with van der Waals surface area (Å²) in [6.45, 7) is 5.80. The molecule has 4 bridgehead atoms. The van der Waals surface area contributed by atoms with Gasteiger partial charge in [0, 0.05) is 17.3 Å². The Bertz CT molecular complexity index is 2110. The fourth-order valence-corrected chi connectivity index (χ4v) is 26.1. The number of hydrogen-bond acceptors (Lipinski definition) is 2. The van der Waals surface area contributed by atoms with Crippen LogP contribution in [0.15, 0.2) is 53.1 Å². The SMILES string of the molecule is CCCCOC(=O)CCCC1(c2ccccc2)C2C3CC4CC5CC6CC7=C8C9C(C7)CC7CC%10=CC21C1C%10C2C7C9C7C9C8C6C6C5C4CC3C1C(C(C)C96)C27. The molecule has 17 rings (SSSR count). The molecule has 57 heavy (non-hydrogen) atoms. The first-order chi connectivity index (χ1) is 28.0. The second kappa shape index (κ2) is 9.93. The van der Waals surface area contributed by atoms with Crippen LogP contribution in [0.1, 0.15) is 103 Å². The molecule has 13 fully saturated rings. The maximum absolute atomic E-state index is 13.3. The Morgan fingerprint density at radius 2 is 1.42 bits per heavy atom. The van der Waals surface area contributed by atoms with Crippen molar-refractivity contribution in [3.8, 4) is 0 Å². The lowest BCUT2D eigenvalue weighted by atomic mass is 9.39. The van der Waals surface area contributed by atoms with Crippen molar-refractivity contribution in [3.05, 3.63) is 58.7 Å². The molecule has 1 aromatic carbocycles. The van der Waals surface area contributed by atoms with Crippen LogP contribution in [-0.4, -0.2) is 12.6 Å².